The Bertz CT molecular complexity index is 786. The zero-order chi connectivity index (χ0) is 17.3. The van der Waals surface area contributed by atoms with E-state index in [4.69, 9.17) is 16.3 Å². The molecule has 2 amide bonds. The van der Waals surface area contributed by atoms with Crippen molar-refractivity contribution in [2.45, 2.75) is 13.0 Å². The lowest BCUT2D eigenvalue weighted by Crippen LogP contribution is -2.50. The summed E-state index contributed by atoms with van der Waals surface area (Å²) in [5.74, 6) is -0.525. The number of morpholine rings is 1. The molecule has 0 saturated carbocycles. The van der Waals surface area contributed by atoms with Gasteiger partial charge in [0.2, 0.25) is 5.91 Å². The molecule has 1 aromatic carbocycles. The van der Waals surface area contributed by atoms with Crippen molar-refractivity contribution in [3.8, 4) is 0 Å². The number of hydrogen-bond donors (Lipinski definition) is 2. The van der Waals surface area contributed by atoms with Crippen LogP contribution in [0.15, 0.2) is 22.7 Å². The van der Waals surface area contributed by atoms with Crippen LogP contribution >= 0.6 is 27.5 Å². The molecule has 0 radical (unpaired) electrons. The average molecular weight is 415 g/mol. The molecule has 1 unspecified atom stereocenters. The lowest BCUT2D eigenvalue weighted by atomic mass is 10.2. The van der Waals surface area contributed by atoms with Gasteiger partial charge in [-0.3, -0.25) is 9.59 Å². The molecule has 6 nitrogen and oxygen atoms in total. The molecular formula is C16H17BrClN3O3. The number of rotatable bonds is 3. The van der Waals surface area contributed by atoms with Crippen LogP contribution in [0.5, 0.6) is 0 Å². The molecule has 1 aliphatic rings. The molecule has 0 spiro atoms. The molecule has 1 fully saturated rings. The standard InChI is InChI=1S/C16H17BrClN3O3/c1-9(16(23)21-4-6-24-7-5-21)19-15(22)14-13(18)11-8-10(17)2-3-12(11)20-14/h2-3,8-9,20H,4-7H2,1H3,(H,19,22). The van der Waals surface area contributed by atoms with Crippen molar-refractivity contribution >= 4 is 50.2 Å². The number of benzene rings is 1. The van der Waals surface area contributed by atoms with Crippen molar-refractivity contribution in [2.24, 2.45) is 0 Å². The lowest BCUT2D eigenvalue weighted by Gasteiger charge is -2.29. The number of amides is 2. The Kier molecular flexibility index (Phi) is 5.12. The van der Waals surface area contributed by atoms with Crippen LogP contribution < -0.4 is 5.32 Å². The molecule has 1 saturated heterocycles. The number of fused-ring (bicyclic) bond motifs is 1. The SMILES string of the molecule is CC(NC(=O)c1[nH]c2ccc(Br)cc2c1Cl)C(=O)N1CCOCC1. The summed E-state index contributed by atoms with van der Waals surface area (Å²) in [6.07, 6.45) is 0. The third-order valence-electron chi connectivity index (χ3n) is 3.97. The minimum atomic E-state index is -0.634. The topological polar surface area (TPSA) is 74.4 Å². The van der Waals surface area contributed by atoms with Crippen LogP contribution in [0, 0.1) is 0 Å². The van der Waals surface area contributed by atoms with Gasteiger partial charge in [0.1, 0.15) is 11.7 Å². The number of H-pyrrole nitrogens is 1. The van der Waals surface area contributed by atoms with Crippen LogP contribution in [0.1, 0.15) is 17.4 Å². The summed E-state index contributed by atoms with van der Waals surface area (Å²) in [6.45, 7) is 3.80. The van der Waals surface area contributed by atoms with E-state index in [9.17, 15) is 9.59 Å². The van der Waals surface area contributed by atoms with Crippen LogP contribution in [-0.4, -0.2) is 54.0 Å². The van der Waals surface area contributed by atoms with Crippen LogP contribution in [0.4, 0.5) is 0 Å². The molecule has 3 rings (SSSR count). The van der Waals surface area contributed by atoms with Crippen molar-refractivity contribution in [1.29, 1.82) is 0 Å². The van der Waals surface area contributed by atoms with Gasteiger partial charge >= 0.3 is 0 Å². The summed E-state index contributed by atoms with van der Waals surface area (Å²) in [5.41, 5.74) is 1.02. The highest BCUT2D eigenvalue weighted by atomic mass is 79.9. The van der Waals surface area contributed by atoms with Gasteiger partial charge in [0.15, 0.2) is 0 Å². The molecule has 24 heavy (non-hydrogen) atoms. The number of aromatic nitrogens is 1. The van der Waals surface area contributed by atoms with Gasteiger partial charge in [0.05, 0.1) is 18.2 Å². The van der Waals surface area contributed by atoms with Crippen LogP contribution in [0.3, 0.4) is 0 Å². The molecule has 2 N–H and O–H groups in total. The van der Waals surface area contributed by atoms with Crippen LogP contribution in [0.2, 0.25) is 5.02 Å². The number of nitrogens with one attached hydrogen (secondary N) is 2. The van der Waals surface area contributed by atoms with Crippen molar-refractivity contribution in [2.75, 3.05) is 26.3 Å². The van der Waals surface area contributed by atoms with Crippen molar-refractivity contribution < 1.29 is 14.3 Å². The van der Waals surface area contributed by atoms with Gasteiger partial charge in [-0.15, -0.1) is 0 Å². The van der Waals surface area contributed by atoms with E-state index in [0.717, 1.165) is 15.4 Å². The first kappa shape index (κ1) is 17.3. The number of halogens is 2. The third-order valence-corrected chi connectivity index (χ3v) is 4.85. The second-order valence-electron chi connectivity index (χ2n) is 5.64. The maximum atomic E-state index is 12.5. The van der Waals surface area contributed by atoms with E-state index in [1.807, 2.05) is 18.2 Å². The second kappa shape index (κ2) is 7.13. The fourth-order valence-electron chi connectivity index (χ4n) is 2.68. The highest BCUT2D eigenvalue weighted by Gasteiger charge is 2.25. The minimum Gasteiger partial charge on any atom is -0.378 e. The van der Waals surface area contributed by atoms with Crippen molar-refractivity contribution in [3.63, 3.8) is 0 Å². The maximum Gasteiger partial charge on any atom is 0.269 e. The average Bonchev–Trinajstić information content (AvgIpc) is 2.91. The number of carbonyl (C=O) groups is 2. The lowest BCUT2D eigenvalue weighted by molar-refractivity contribution is -0.136. The van der Waals surface area contributed by atoms with Gasteiger partial charge in [-0.05, 0) is 25.1 Å². The molecule has 1 aromatic heterocycles. The van der Waals surface area contributed by atoms with Crippen LogP contribution in [-0.2, 0) is 9.53 Å². The fourth-order valence-corrected chi connectivity index (χ4v) is 3.33. The van der Waals surface area contributed by atoms with Crippen molar-refractivity contribution in [1.82, 2.24) is 15.2 Å². The van der Waals surface area contributed by atoms with E-state index in [0.29, 0.717) is 31.3 Å². The van der Waals surface area contributed by atoms with E-state index in [-0.39, 0.29) is 11.6 Å². The maximum absolute atomic E-state index is 12.5. The number of aromatic amines is 1. The quantitative estimate of drug-likeness (QED) is 0.810. The monoisotopic (exact) mass is 413 g/mol. The largest absolute Gasteiger partial charge is 0.378 e. The first-order chi connectivity index (χ1) is 11.5. The predicted octanol–water partition coefficient (Wildman–Crippen LogP) is 2.56. The highest BCUT2D eigenvalue weighted by molar-refractivity contribution is 9.10. The smallest absolute Gasteiger partial charge is 0.269 e. The Hall–Kier alpha value is -1.57. The first-order valence-electron chi connectivity index (χ1n) is 7.61. The molecule has 2 heterocycles. The molecular weight excluding hydrogens is 398 g/mol. The summed E-state index contributed by atoms with van der Waals surface area (Å²) < 4.78 is 6.11. The summed E-state index contributed by atoms with van der Waals surface area (Å²) >= 11 is 9.69. The Morgan fingerprint density at radius 1 is 1.38 bits per heavy atom. The van der Waals surface area contributed by atoms with Crippen molar-refractivity contribution in [3.05, 3.63) is 33.4 Å². The van der Waals surface area contributed by atoms with E-state index in [1.54, 1.807) is 11.8 Å². The van der Waals surface area contributed by atoms with Gasteiger partial charge in [-0.25, -0.2) is 0 Å². The van der Waals surface area contributed by atoms with E-state index in [2.05, 4.69) is 26.2 Å². The first-order valence-corrected chi connectivity index (χ1v) is 8.78. The Balaban J connectivity index is 1.74. The number of nitrogens with zero attached hydrogens (tertiary/aromatic N) is 1. The van der Waals surface area contributed by atoms with E-state index >= 15 is 0 Å². The van der Waals surface area contributed by atoms with Gasteiger partial charge in [-0.2, -0.15) is 0 Å². The molecule has 0 bridgehead atoms. The number of hydrogen-bond acceptors (Lipinski definition) is 3. The third kappa shape index (κ3) is 3.43. The molecule has 8 heteroatoms. The normalized spacial score (nSPS) is 16.2. The zero-order valence-corrected chi connectivity index (χ0v) is 15.4. The molecule has 0 aliphatic carbocycles. The second-order valence-corrected chi connectivity index (χ2v) is 6.93. The highest BCUT2D eigenvalue weighted by Crippen LogP contribution is 2.29. The molecule has 128 valence electrons. The van der Waals surface area contributed by atoms with E-state index < -0.39 is 11.9 Å². The molecule has 1 aliphatic heterocycles. The summed E-state index contributed by atoms with van der Waals surface area (Å²) in [7, 11) is 0. The Morgan fingerprint density at radius 3 is 2.79 bits per heavy atom. The molecule has 1 atom stereocenters. The Morgan fingerprint density at radius 2 is 2.08 bits per heavy atom. The summed E-state index contributed by atoms with van der Waals surface area (Å²) in [5, 5.41) is 3.81. The summed E-state index contributed by atoms with van der Waals surface area (Å²) in [6, 6.07) is 4.91. The predicted molar refractivity (Wildman–Crippen MR) is 95.3 cm³/mol. The molecule has 2 aromatic rings. The van der Waals surface area contributed by atoms with Gasteiger partial charge < -0.3 is 19.9 Å². The van der Waals surface area contributed by atoms with Crippen LogP contribution in [0.25, 0.3) is 10.9 Å². The van der Waals surface area contributed by atoms with Gasteiger partial charge in [-0.1, -0.05) is 27.5 Å². The number of ether oxygens (including phenoxy) is 1. The minimum absolute atomic E-state index is 0.123. The fraction of sp³-hybridized carbons (Fsp3) is 0.375. The summed E-state index contributed by atoms with van der Waals surface area (Å²) in [4.78, 5) is 29.6. The number of carbonyl (C=O) groups excluding carboxylic acids is 2. The zero-order valence-electron chi connectivity index (χ0n) is 13.1. The van der Waals surface area contributed by atoms with E-state index in [1.165, 1.54) is 0 Å². The van der Waals surface area contributed by atoms with Gasteiger partial charge in [0.25, 0.3) is 5.91 Å². The van der Waals surface area contributed by atoms with Gasteiger partial charge in [0, 0.05) is 28.5 Å². The Labute approximate surface area is 152 Å².